The van der Waals surface area contributed by atoms with E-state index in [0.29, 0.717) is 13.1 Å². The molecule has 1 N–H and O–H groups in total. The fourth-order valence-electron chi connectivity index (χ4n) is 1.66. The second-order valence-corrected chi connectivity index (χ2v) is 5.83. The Kier molecular flexibility index (Phi) is 3.88. The van der Waals surface area contributed by atoms with Crippen LogP contribution in [-0.4, -0.2) is 42.9 Å². The summed E-state index contributed by atoms with van der Waals surface area (Å²) in [5.74, 6) is 0.111. The molecule has 1 fully saturated rings. The molecule has 0 aliphatic carbocycles. The van der Waals surface area contributed by atoms with Crippen molar-refractivity contribution in [2.75, 3.05) is 24.9 Å². The number of hydrogen-bond donors (Lipinski definition) is 1. The van der Waals surface area contributed by atoms with Gasteiger partial charge in [0.05, 0.1) is 7.11 Å². The third-order valence-electron chi connectivity index (χ3n) is 2.51. The van der Waals surface area contributed by atoms with E-state index in [2.05, 4.69) is 14.7 Å². The Bertz CT molecular complexity index is 531. The van der Waals surface area contributed by atoms with Gasteiger partial charge in [-0.05, 0) is 12.8 Å². The molecule has 7 nitrogen and oxygen atoms in total. The first-order chi connectivity index (χ1) is 8.51. The fourth-order valence-corrected chi connectivity index (χ4v) is 3.02. The number of hydrogen-bond acceptors (Lipinski definition) is 5. The monoisotopic (exact) mass is 292 g/mol. The molecule has 2 heterocycles. The molecule has 0 radical (unpaired) electrons. The minimum atomic E-state index is -3.61. The van der Waals surface area contributed by atoms with Crippen LogP contribution in [0, 0.1) is 0 Å². The van der Waals surface area contributed by atoms with Gasteiger partial charge in [-0.1, -0.05) is 11.6 Å². The number of ether oxygens (including phenoxy) is 1. The maximum absolute atomic E-state index is 12.0. The summed E-state index contributed by atoms with van der Waals surface area (Å²) in [5, 5.41) is 0.112. The van der Waals surface area contributed by atoms with E-state index in [9.17, 15) is 8.42 Å². The van der Waals surface area contributed by atoms with Crippen molar-refractivity contribution < 1.29 is 13.2 Å². The van der Waals surface area contributed by atoms with Crippen molar-refractivity contribution >= 4 is 27.8 Å². The topological polar surface area (TPSA) is 84.4 Å². The van der Waals surface area contributed by atoms with Gasteiger partial charge in [0.1, 0.15) is 5.15 Å². The third kappa shape index (κ3) is 3.01. The smallest absolute Gasteiger partial charge is 0.303 e. The number of nitrogens with one attached hydrogen (secondary N) is 1. The highest BCUT2D eigenvalue weighted by Crippen LogP contribution is 2.19. The van der Waals surface area contributed by atoms with Crippen LogP contribution in [0.25, 0.3) is 0 Å². The molecule has 100 valence electrons. The van der Waals surface area contributed by atoms with Crippen molar-refractivity contribution in [3.05, 3.63) is 11.2 Å². The Morgan fingerprint density at radius 2 is 2.06 bits per heavy atom. The van der Waals surface area contributed by atoms with Crippen LogP contribution >= 0.6 is 11.6 Å². The van der Waals surface area contributed by atoms with E-state index in [1.807, 2.05) is 0 Å². The molecule has 1 aliphatic heterocycles. The van der Waals surface area contributed by atoms with E-state index in [-0.39, 0.29) is 17.0 Å². The highest BCUT2D eigenvalue weighted by Gasteiger charge is 2.26. The van der Waals surface area contributed by atoms with Crippen molar-refractivity contribution in [1.82, 2.24) is 14.3 Å². The van der Waals surface area contributed by atoms with Crippen LogP contribution < -0.4 is 9.46 Å². The van der Waals surface area contributed by atoms with Gasteiger partial charge in [0.2, 0.25) is 11.8 Å². The molecule has 0 bridgehead atoms. The number of anilines is 1. The highest BCUT2D eigenvalue weighted by atomic mass is 35.5. The van der Waals surface area contributed by atoms with E-state index in [4.69, 9.17) is 16.3 Å². The summed E-state index contributed by atoms with van der Waals surface area (Å²) in [6.07, 6.45) is 1.72. The van der Waals surface area contributed by atoms with E-state index in [1.54, 1.807) is 0 Å². The fraction of sp³-hybridized carbons (Fsp3) is 0.556. The van der Waals surface area contributed by atoms with Crippen LogP contribution in [0.4, 0.5) is 5.95 Å². The zero-order valence-corrected chi connectivity index (χ0v) is 11.3. The molecule has 1 aromatic rings. The largest absolute Gasteiger partial charge is 0.481 e. The molecule has 1 aliphatic rings. The summed E-state index contributed by atoms with van der Waals surface area (Å²) in [4.78, 5) is 7.67. The first-order valence-electron chi connectivity index (χ1n) is 5.38. The van der Waals surface area contributed by atoms with E-state index >= 15 is 0 Å². The van der Waals surface area contributed by atoms with Gasteiger partial charge < -0.3 is 4.74 Å². The lowest BCUT2D eigenvalue weighted by Gasteiger charge is -2.15. The van der Waals surface area contributed by atoms with Gasteiger partial charge in [0.25, 0.3) is 0 Å². The lowest BCUT2D eigenvalue weighted by Crippen LogP contribution is -2.33. The molecule has 0 spiro atoms. The maximum Gasteiger partial charge on any atom is 0.303 e. The highest BCUT2D eigenvalue weighted by molar-refractivity contribution is 7.90. The van der Waals surface area contributed by atoms with Gasteiger partial charge in [0.15, 0.2) is 0 Å². The Balaban J connectivity index is 2.20. The quantitative estimate of drug-likeness (QED) is 0.833. The van der Waals surface area contributed by atoms with Gasteiger partial charge in [-0.2, -0.15) is 17.7 Å². The summed E-state index contributed by atoms with van der Waals surface area (Å²) in [5.41, 5.74) is 0. The Morgan fingerprint density at radius 3 is 2.67 bits per heavy atom. The van der Waals surface area contributed by atoms with Gasteiger partial charge in [0, 0.05) is 19.2 Å². The van der Waals surface area contributed by atoms with Crippen LogP contribution in [0.1, 0.15) is 12.8 Å². The van der Waals surface area contributed by atoms with Crippen molar-refractivity contribution in [3.8, 4) is 5.88 Å². The molecule has 0 atom stereocenters. The Morgan fingerprint density at radius 1 is 1.39 bits per heavy atom. The average molecular weight is 293 g/mol. The molecule has 2 rings (SSSR count). The van der Waals surface area contributed by atoms with E-state index in [0.717, 1.165) is 12.8 Å². The number of methoxy groups -OCH3 is 1. The van der Waals surface area contributed by atoms with Crippen LogP contribution in [0.5, 0.6) is 5.88 Å². The first kappa shape index (κ1) is 13.3. The normalized spacial score (nSPS) is 16.8. The van der Waals surface area contributed by atoms with Crippen LogP contribution in [0.2, 0.25) is 5.15 Å². The standard InChI is InChI=1S/C9H13ClN4O3S/c1-17-8-6-7(10)11-9(12-8)13-18(15,16)14-4-2-3-5-14/h6H,2-5H2,1H3,(H,11,12,13). The minimum Gasteiger partial charge on any atom is -0.481 e. The van der Waals surface area contributed by atoms with Crippen molar-refractivity contribution in [3.63, 3.8) is 0 Å². The molecule has 0 aromatic carbocycles. The number of halogens is 1. The maximum atomic E-state index is 12.0. The van der Waals surface area contributed by atoms with Crippen LogP contribution in [0.15, 0.2) is 6.07 Å². The molecule has 1 aromatic heterocycles. The molecule has 0 unspecified atom stereocenters. The van der Waals surface area contributed by atoms with Crippen molar-refractivity contribution in [1.29, 1.82) is 0 Å². The summed E-state index contributed by atoms with van der Waals surface area (Å²) in [6.45, 7) is 1.01. The lowest BCUT2D eigenvalue weighted by molar-refractivity contribution is 0.397. The second-order valence-electron chi connectivity index (χ2n) is 3.77. The predicted molar refractivity (Wildman–Crippen MR) is 66.9 cm³/mol. The molecule has 0 saturated carbocycles. The van der Waals surface area contributed by atoms with Gasteiger partial charge in [-0.15, -0.1) is 0 Å². The Labute approximate surface area is 110 Å². The van der Waals surface area contributed by atoms with Crippen LogP contribution in [-0.2, 0) is 10.2 Å². The van der Waals surface area contributed by atoms with Crippen LogP contribution in [0.3, 0.4) is 0 Å². The Hall–Kier alpha value is -1.12. The zero-order valence-electron chi connectivity index (χ0n) is 9.76. The molecular weight excluding hydrogens is 280 g/mol. The molecule has 0 amide bonds. The van der Waals surface area contributed by atoms with E-state index in [1.165, 1.54) is 17.5 Å². The number of nitrogens with zero attached hydrogens (tertiary/aromatic N) is 3. The van der Waals surface area contributed by atoms with Crippen molar-refractivity contribution in [2.24, 2.45) is 0 Å². The number of rotatable bonds is 4. The summed E-state index contributed by atoms with van der Waals surface area (Å²) >= 11 is 5.74. The van der Waals surface area contributed by atoms with Gasteiger partial charge in [-0.3, -0.25) is 0 Å². The second kappa shape index (κ2) is 5.25. The van der Waals surface area contributed by atoms with Gasteiger partial charge in [-0.25, -0.2) is 9.71 Å². The van der Waals surface area contributed by atoms with Gasteiger partial charge >= 0.3 is 10.2 Å². The summed E-state index contributed by atoms with van der Waals surface area (Å²) in [6, 6.07) is 1.40. The predicted octanol–water partition coefficient (Wildman–Crippen LogP) is 0.891. The molecule has 9 heteroatoms. The lowest BCUT2D eigenvalue weighted by atomic mass is 10.4. The third-order valence-corrected chi connectivity index (χ3v) is 4.18. The van der Waals surface area contributed by atoms with E-state index < -0.39 is 10.2 Å². The average Bonchev–Trinajstić information content (AvgIpc) is 2.81. The van der Waals surface area contributed by atoms with Crippen molar-refractivity contribution in [2.45, 2.75) is 12.8 Å². The summed E-state index contributed by atoms with van der Waals surface area (Å²) in [7, 11) is -2.20. The molecule has 18 heavy (non-hydrogen) atoms. The zero-order chi connectivity index (χ0) is 13.2. The summed E-state index contributed by atoms with van der Waals surface area (Å²) < 4.78 is 32.5. The first-order valence-corrected chi connectivity index (χ1v) is 7.19. The SMILES string of the molecule is COc1cc(Cl)nc(NS(=O)(=O)N2CCCC2)n1. The number of aromatic nitrogens is 2. The molecule has 1 saturated heterocycles. The minimum absolute atomic E-state index is 0.0914. The molecular formula is C9H13ClN4O3S.